The molecule has 7 nitrogen and oxygen atoms in total. The number of fused-ring (bicyclic) bond motifs is 1. The third kappa shape index (κ3) is 3.46. The van der Waals surface area contributed by atoms with Crippen LogP contribution in [0.25, 0.3) is 11.0 Å². The number of nitrogens with one attached hydrogen (secondary N) is 3. The Bertz CT molecular complexity index is 851. The zero-order valence-corrected chi connectivity index (χ0v) is 15.4. The molecule has 3 rings (SSSR count). The van der Waals surface area contributed by atoms with Crippen LogP contribution >= 0.6 is 0 Å². The van der Waals surface area contributed by atoms with E-state index in [4.69, 9.17) is 0 Å². The first kappa shape index (κ1) is 17.7. The zero-order chi connectivity index (χ0) is 18.1. The van der Waals surface area contributed by atoms with Gasteiger partial charge in [0.2, 0.25) is 5.91 Å². The number of aromatic nitrogens is 3. The molecular weight excluding hydrogens is 318 g/mol. The topological polar surface area (TPSA) is 91.8 Å². The molecule has 7 heteroatoms. The summed E-state index contributed by atoms with van der Waals surface area (Å²) in [6.45, 7) is 7.90. The summed E-state index contributed by atoms with van der Waals surface area (Å²) in [6.07, 6.45) is 2.08. The highest BCUT2D eigenvalue weighted by atomic mass is 16.1. The van der Waals surface area contributed by atoms with Crippen LogP contribution in [0.1, 0.15) is 36.6 Å². The van der Waals surface area contributed by atoms with E-state index in [0.29, 0.717) is 29.8 Å². The summed E-state index contributed by atoms with van der Waals surface area (Å²) in [4.78, 5) is 29.0. The van der Waals surface area contributed by atoms with Crippen LogP contribution in [0.5, 0.6) is 0 Å². The predicted octanol–water partition coefficient (Wildman–Crippen LogP) is 0.925. The van der Waals surface area contributed by atoms with Crippen LogP contribution < -0.4 is 16.2 Å². The van der Waals surface area contributed by atoms with Gasteiger partial charge in [-0.1, -0.05) is 6.92 Å². The summed E-state index contributed by atoms with van der Waals surface area (Å²) in [7, 11) is 1.78. The van der Waals surface area contributed by atoms with E-state index in [9.17, 15) is 9.59 Å². The van der Waals surface area contributed by atoms with Crippen LogP contribution in [0.15, 0.2) is 4.79 Å². The van der Waals surface area contributed by atoms with Gasteiger partial charge in [0.25, 0.3) is 5.56 Å². The third-order valence-electron chi connectivity index (χ3n) is 5.35. The standard InChI is InChI=1S/C18H27N5O2/c1-10-7-8-19-9-14(10)21-15(24)6-5-13-11(2)16-17(20-12(13)3)23(4)22-18(16)25/h10,14,19H,5-9H2,1-4H3,(H,21,24)(H,22,25). The molecule has 3 N–H and O–H groups in total. The summed E-state index contributed by atoms with van der Waals surface area (Å²) >= 11 is 0. The normalized spacial score (nSPS) is 20.8. The number of aryl methyl sites for hydroxylation is 3. The van der Waals surface area contributed by atoms with Crippen molar-refractivity contribution in [2.75, 3.05) is 13.1 Å². The Morgan fingerprint density at radius 2 is 2.16 bits per heavy atom. The van der Waals surface area contributed by atoms with Crippen molar-refractivity contribution in [2.45, 2.75) is 46.1 Å². The number of H-pyrrole nitrogens is 1. The molecule has 0 saturated carbocycles. The highest BCUT2D eigenvalue weighted by Gasteiger charge is 2.23. The molecule has 0 radical (unpaired) electrons. The van der Waals surface area contributed by atoms with Crippen LogP contribution in [-0.4, -0.2) is 39.8 Å². The molecule has 1 fully saturated rings. The average Bonchev–Trinajstić information content (AvgIpc) is 2.83. The smallest absolute Gasteiger partial charge is 0.273 e. The molecule has 2 aromatic rings. The number of nitrogens with zero attached hydrogens (tertiary/aromatic N) is 2. The number of carbonyl (C=O) groups excluding carboxylic acids is 1. The zero-order valence-electron chi connectivity index (χ0n) is 15.4. The highest BCUT2D eigenvalue weighted by Crippen LogP contribution is 2.21. The van der Waals surface area contributed by atoms with Crippen LogP contribution in [0, 0.1) is 19.8 Å². The lowest BCUT2D eigenvalue weighted by Crippen LogP contribution is -2.50. The molecule has 2 unspecified atom stereocenters. The van der Waals surface area contributed by atoms with Gasteiger partial charge in [0, 0.05) is 31.7 Å². The molecule has 1 aliphatic rings. The SMILES string of the molecule is Cc1nc2c(c(C)c1CCC(=O)NC1CNCCC1C)c(=O)[nH]n2C. The molecule has 1 saturated heterocycles. The fourth-order valence-electron chi connectivity index (χ4n) is 3.72. The number of pyridine rings is 1. The molecule has 3 heterocycles. The minimum Gasteiger partial charge on any atom is -0.352 e. The lowest BCUT2D eigenvalue weighted by molar-refractivity contribution is -0.122. The number of amides is 1. The maximum absolute atomic E-state index is 12.4. The largest absolute Gasteiger partial charge is 0.352 e. The number of aromatic amines is 1. The van der Waals surface area contributed by atoms with Crippen molar-refractivity contribution in [1.82, 2.24) is 25.4 Å². The van der Waals surface area contributed by atoms with Gasteiger partial charge in [0.1, 0.15) is 0 Å². The second kappa shape index (κ2) is 7.00. The lowest BCUT2D eigenvalue weighted by atomic mass is 9.94. The molecule has 0 aliphatic carbocycles. The Labute approximate surface area is 147 Å². The minimum absolute atomic E-state index is 0.0569. The van der Waals surface area contributed by atoms with Crippen LogP contribution in [0.4, 0.5) is 0 Å². The predicted molar refractivity (Wildman–Crippen MR) is 97.7 cm³/mol. The fourth-order valence-corrected chi connectivity index (χ4v) is 3.72. The number of piperidine rings is 1. The van der Waals surface area contributed by atoms with Gasteiger partial charge >= 0.3 is 0 Å². The summed E-state index contributed by atoms with van der Waals surface area (Å²) in [5.41, 5.74) is 3.32. The second-order valence-corrected chi connectivity index (χ2v) is 7.14. The number of carbonyl (C=O) groups is 1. The Hall–Kier alpha value is -2.15. The highest BCUT2D eigenvalue weighted by molar-refractivity contribution is 5.81. The minimum atomic E-state index is -0.129. The van der Waals surface area contributed by atoms with Crippen molar-refractivity contribution in [3.63, 3.8) is 0 Å². The first-order chi connectivity index (χ1) is 11.9. The van der Waals surface area contributed by atoms with Crippen molar-refractivity contribution < 1.29 is 4.79 Å². The number of hydrogen-bond acceptors (Lipinski definition) is 4. The number of rotatable bonds is 4. The van der Waals surface area contributed by atoms with E-state index in [2.05, 4.69) is 27.6 Å². The van der Waals surface area contributed by atoms with Crippen molar-refractivity contribution in [1.29, 1.82) is 0 Å². The van der Waals surface area contributed by atoms with Crippen molar-refractivity contribution in [3.8, 4) is 0 Å². The van der Waals surface area contributed by atoms with Gasteiger partial charge in [0.05, 0.1) is 5.39 Å². The van der Waals surface area contributed by atoms with E-state index in [1.54, 1.807) is 11.7 Å². The molecule has 136 valence electrons. The molecule has 1 aliphatic heterocycles. The van der Waals surface area contributed by atoms with Crippen molar-refractivity contribution in [3.05, 3.63) is 27.2 Å². The van der Waals surface area contributed by atoms with E-state index in [0.717, 1.165) is 36.3 Å². The van der Waals surface area contributed by atoms with E-state index in [1.165, 1.54) is 0 Å². The van der Waals surface area contributed by atoms with Gasteiger partial charge in [-0.15, -0.1) is 0 Å². The first-order valence-corrected chi connectivity index (χ1v) is 8.93. The monoisotopic (exact) mass is 345 g/mol. The van der Waals surface area contributed by atoms with E-state index in [1.807, 2.05) is 13.8 Å². The molecule has 1 amide bonds. The van der Waals surface area contributed by atoms with Crippen molar-refractivity contribution >= 4 is 16.9 Å². The maximum Gasteiger partial charge on any atom is 0.273 e. The van der Waals surface area contributed by atoms with E-state index >= 15 is 0 Å². The summed E-state index contributed by atoms with van der Waals surface area (Å²) in [5, 5.41) is 9.83. The Morgan fingerprint density at radius 3 is 2.88 bits per heavy atom. The lowest BCUT2D eigenvalue weighted by Gasteiger charge is -2.30. The summed E-state index contributed by atoms with van der Waals surface area (Å²) in [5.74, 6) is 0.552. The maximum atomic E-state index is 12.4. The second-order valence-electron chi connectivity index (χ2n) is 7.14. The first-order valence-electron chi connectivity index (χ1n) is 8.93. The van der Waals surface area contributed by atoms with Crippen LogP contribution in [-0.2, 0) is 18.3 Å². The number of hydrogen-bond donors (Lipinski definition) is 3. The van der Waals surface area contributed by atoms with E-state index < -0.39 is 0 Å². The van der Waals surface area contributed by atoms with E-state index in [-0.39, 0.29) is 17.5 Å². The molecule has 0 aromatic carbocycles. The summed E-state index contributed by atoms with van der Waals surface area (Å²) in [6, 6.07) is 0.195. The Kier molecular flexibility index (Phi) is 4.94. The van der Waals surface area contributed by atoms with Gasteiger partial charge in [-0.05, 0) is 50.3 Å². The average molecular weight is 345 g/mol. The Morgan fingerprint density at radius 1 is 1.40 bits per heavy atom. The molecule has 25 heavy (non-hydrogen) atoms. The summed E-state index contributed by atoms with van der Waals surface area (Å²) < 4.78 is 1.64. The van der Waals surface area contributed by atoms with Crippen LogP contribution in [0.3, 0.4) is 0 Å². The van der Waals surface area contributed by atoms with Gasteiger partial charge in [-0.25, -0.2) is 4.98 Å². The molecule has 2 atom stereocenters. The van der Waals surface area contributed by atoms with Crippen molar-refractivity contribution in [2.24, 2.45) is 13.0 Å². The van der Waals surface area contributed by atoms with Gasteiger partial charge < -0.3 is 10.6 Å². The van der Waals surface area contributed by atoms with Crippen LogP contribution in [0.2, 0.25) is 0 Å². The molecule has 0 spiro atoms. The molecule has 2 aromatic heterocycles. The quantitative estimate of drug-likeness (QED) is 0.768. The van der Waals surface area contributed by atoms with Gasteiger partial charge in [-0.2, -0.15) is 0 Å². The fraction of sp³-hybridized carbons (Fsp3) is 0.611. The molecular formula is C18H27N5O2. The third-order valence-corrected chi connectivity index (χ3v) is 5.35. The Balaban J connectivity index is 1.73. The molecule has 0 bridgehead atoms. The van der Waals surface area contributed by atoms with Gasteiger partial charge in [-0.3, -0.25) is 19.4 Å². The van der Waals surface area contributed by atoms with Gasteiger partial charge in [0.15, 0.2) is 5.65 Å².